The molecule has 22 heavy (non-hydrogen) atoms. The fourth-order valence-corrected chi connectivity index (χ4v) is 5.81. The van der Waals surface area contributed by atoms with Crippen LogP contribution in [0.5, 0.6) is 5.75 Å². The maximum atomic E-state index is 10.4. The van der Waals surface area contributed by atoms with Crippen molar-refractivity contribution in [3.63, 3.8) is 0 Å². The van der Waals surface area contributed by atoms with Crippen LogP contribution in [0.4, 0.5) is 0 Å². The van der Waals surface area contributed by atoms with Crippen molar-refractivity contribution in [3.05, 3.63) is 29.3 Å². The van der Waals surface area contributed by atoms with Crippen molar-refractivity contribution >= 4 is 11.6 Å². The number of halogens is 1. The Hall–Kier alpha value is -0.730. The van der Waals surface area contributed by atoms with Gasteiger partial charge in [0, 0.05) is 0 Å². The number of hydrogen-bond acceptors (Lipinski definition) is 2. The van der Waals surface area contributed by atoms with Crippen LogP contribution in [-0.4, -0.2) is 17.3 Å². The van der Waals surface area contributed by atoms with E-state index < -0.39 is 0 Å². The molecule has 0 bridgehead atoms. The van der Waals surface area contributed by atoms with Gasteiger partial charge in [0.15, 0.2) is 6.07 Å². The van der Waals surface area contributed by atoms with E-state index in [9.17, 15) is 5.11 Å². The first-order valence-electron chi connectivity index (χ1n) is 8.63. The molecule has 4 rings (SSSR count). The molecule has 5 atom stereocenters. The second-order valence-electron chi connectivity index (χ2n) is 7.67. The molecule has 2 fully saturated rings. The van der Waals surface area contributed by atoms with Gasteiger partial charge in [0.2, 0.25) is 0 Å². The third-order valence-electron chi connectivity index (χ3n) is 6.87. The lowest BCUT2D eigenvalue weighted by molar-refractivity contribution is -0.0226. The van der Waals surface area contributed by atoms with Crippen LogP contribution in [0.25, 0.3) is 0 Å². The molecule has 2 saturated carbocycles. The van der Waals surface area contributed by atoms with Crippen LogP contribution >= 0.6 is 11.6 Å². The summed E-state index contributed by atoms with van der Waals surface area (Å²) in [5.41, 5.74) is 3.15. The summed E-state index contributed by atoms with van der Waals surface area (Å²) in [7, 11) is 0. The number of fused-ring (bicyclic) bond motifs is 5. The maximum Gasteiger partial charge on any atom is 0.162 e. The van der Waals surface area contributed by atoms with E-state index in [1.54, 1.807) is 0 Å². The van der Waals surface area contributed by atoms with Crippen molar-refractivity contribution in [2.75, 3.05) is 6.07 Å². The van der Waals surface area contributed by atoms with Crippen molar-refractivity contribution in [3.8, 4) is 5.75 Å². The lowest BCUT2D eigenvalue weighted by atomic mass is 9.55. The Balaban J connectivity index is 1.64. The monoisotopic (exact) mass is 320 g/mol. The summed E-state index contributed by atoms with van der Waals surface area (Å²) in [5, 5.41) is 10.4. The molecule has 0 radical (unpaired) electrons. The third-order valence-corrected chi connectivity index (χ3v) is 6.98. The van der Waals surface area contributed by atoms with E-state index in [0.29, 0.717) is 11.8 Å². The molecule has 1 aromatic carbocycles. The minimum atomic E-state index is -0.0839. The van der Waals surface area contributed by atoms with Gasteiger partial charge in [0.05, 0.1) is 6.10 Å². The van der Waals surface area contributed by atoms with Gasteiger partial charge in [-0.15, -0.1) is 0 Å². The number of aryl methyl sites for hydroxylation is 1. The Morgan fingerprint density at radius 1 is 1.27 bits per heavy atom. The molecule has 2 nitrogen and oxygen atoms in total. The normalized spacial score (nSPS) is 39.8. The summed E-state index contributed by atoms with van der Waals surface area (Å²) in [6, 6.07) is 6.73. The zero-order valence-electron chi connectivity index (χ0n) is 13.2. The minimum absolute atomic E-state index is 0.0839. The van der Waals surface area contributed by atoms with Gasteiger partial charge in [-0.25, -0.2) is 0 Å². The highest BCUT2D eigenvalue weighted by molar-refractivity contribution is 6.17. The first-order chi connectivity index (χ1) is 10.6. The zero-order valence-corrected chi connectivity index (χ0v) is 14.0. The molecule has 0 aromatic heterocycles. The number of rotatable bonds is 2. The van der Waals surface area contributed by atoms with Gasteiger partial charge in [0.1, 0.15) is 5.75 Å². The molecule has 3 aliphatic carbocycles. The van der Waals surface area contributed by atoms with Crippen LogP contribution in [0.2, 0.25) is 0 Å². The number of ether oxygens (including phenoxy) is 1. The molecular formula is C19H25ClO2. The molecule has 3 heteroatoms. The van der Waals surface area contributed by atoms with Gasteiger partial charge in [-0.3, -0.25) is 0 Å². The Morgan fingerprint density at radius 2 is 2.14 bits per heavy atom. The first kappa shape index (κ1) is 14.8. The summed E-state index contributed by atoms with van der Waals surface area (Å²) in [4.78, 5) is 0. The second-order valence-corrected chi connectivity index (χ2v) is 7.89. The van der Waals surface area contributed by atoms with Crippen LogP contribution in [0, 0.1) is 17.3 Å². The molecule has 0 saturated heterocycles. The molecule has 0 amide bonds. The molecule has 120 valence electrons. The summed E-state index contributed by atoms with van der Waals surface area (Å²) < 4.78 is 5.44. The van der Waals surface area contributed by atoms with Crippen LogP contribution in [0.3, 0.4) is 0 Å². The van der Waals surface area contributed by atoms with Gasteiger partial charge in [-0.05, 0) is 85.0 Å². The van der Waals surface area contributed by atoms with E-state index >= 15 is 0 Å². The van der Waals surface area contributed by atoms with E-state index in [0.717, 1.165) is 24.5 Å². The van der Waals surface area contributed by atoms with Crippen LogP contribution < -0.4 is 4.74 Å². The van der Waals surface area contributed by atoms with Crippen molar-refractivity contribution < 1.29 is 9.84 Å². The maximum absolute atomic E-state index is 10.4. The van der Waals surface area contributed by atoms with E-state index in [1.807, 2.05) is 0 Å². The van der Waals surface area contributed by atoms with Gasteiger partial charge in [0.25, 0.3) is 0 Å². The van der Waals surface area contributed by atoms with Crippen LogP contribution in [0.1, 0.15) is 56.1 Å². The fraction of sp³-hybridized carbons (Fsp3) is 0.684. The lowest BCUT2D eigenvalue weighted by Gasteiger charge is -2.50. The molecule has 1 N–H and O–H groups in total. The minimum Gasteiger partial charge on any atom is -0.478 e. The van der Waals surface area contributed by atoms with Crippen molar-refractivity contribution in [1.29, 1.82) is 0 Å². The molecular weight excluding hydrogens is 296 g/mol. The summed E-state index contributed by atoms with van der Waals surface area (Å²) in [6.45, 7) is 2.33. The summed E-state index contributed by atoms with van der Waals surface area (Å²) >= 11 is 5.67. The van der Waals surface area contributed by atoms with E-state index in [-0.39, 0.29) is 17.6 Å². The highest BCUT2D eigenvalue weighted by Gasteiger charge is 2.54. The standard InChI is InChI=1S/C19H25ClO2/c1-19-9-8-15-14-5-3-13(22-11-20)10-12(14)2-4-16(15)17(19)6-7-18(19)21/h3,5,10,15-18,21H,2,4,6-9,11H2,1H3/t15-,16-,17+,18+,19+/m1/s1. The Morgan fingerprint density at radius 3 is 2.95 bits per heavy atom. The predicted octanol–water partition coefficient (Wildman–Crippen LogP) is 4.48. The highest BCUT2D eigenvalue weighted by atomic mass is 35.5. The molecule has 1 aromatic rings. The van der Waals surface area contributed by atoms with E-state index in [1.165, 1.54) is 36.8 Å². The van der Waals surface area contributed by atoms with Crippen molar-refractivity contribution in [2.24, 2.45) is 17.3 Å². The largest absolute Gasteiger partial charge is 0.478 e. The number of alkyl halides is 1. The summed E-state index contributed by atoms with van der Waals surface area (Å²) in [5.74, 6) is 3.03. The molecule has 0 aliphatic heterocycles. The Bertz CT molecular complexity index is 573. The Labute approximate surface area is 137 Å². The second kappa shape index (κ2) is 5.42. The SMILES string of the molecule is C[C@]12CC[C@@H]3c4ccc(OCCl)cc4CC[C@H]3[C@@H]1CC[C@@H]2O. The average molecular weight is 321 g/mol. The van der Waals surface area contributed by atoms with E-state index in [2.05, 4.69) is 25.1 Å². The molecule has 0 unspecified atom stereocenters. The van der Waals surface area contributed by atoms with Gasteiger partial charge in [-0.2, -0.15) is 0 Å². The molecule has 3 aliphatic rings. The highest BCUT2D eigenvalue weighted by Crippen LogP contribution is 2.60. The van der Waals surface area contributed by atoms with Gasteiger partial charge in [-0.1, -0.05) is 24.6 Å². The molecule has 0 spiro atoms. The van der Waals surface area contributed by atoms with Gasteiger partial charge >= 0.3 is 0 Å². The topological polar surface area (TPSA) is 29.5 Å². The number of benzene rings is 1. The van der Waals surface area contributed by atoms with Crippen molar-refractivity contribution in [1.82, 2.24) is 0 Å². The quantitative estimate of drug-likeness (QED) is 0.814. The van der Waals surface area contributed by atoms with E-state index in [4.69, 9.17) is 16.3 Å². The van der Waals surface area contributed by atoms with Gasteiger partial charge < -0.3 is 9.84 Å². The number of hydrogen-bond donors (Lipinski definition) is 1. The van der Waals surface area contributed by atoms with Crippen molar-refractivity contribution in [2.45, 2.75) is 57.5 Å². The summed E-state index contributed by atoms with van der Waals surface area (Å²) in [6.07, 6.45) is 6.91. The number of aliphatic hydroxyl groups is 1. The number of aliphatic hydroxyl groups excluding tert-OH is 1. The lowest BCUT2D eigenvalue weighted by Crippen LogP contribution is -2.43. The average Bonchev–Trinajstić information content (AvgIpc) is 2.83. The van der Waals surface area contributed by atoms with Crippen LogP contribution in [-0.2, 0) is 6.42 Å². The zero-order chi connectivity index (χ0) is 15.3. The predicted molar refractivity (Wildman–Crippen MR) is 88.4 cm³/mol. The first-order valence-corrected chi connectivity index (χ1v) is 9.16. The molecule has 0 heterocycles. The fourth-order valence-electron chi connectivity index (χ4n) is 5.68. The smallest absolute Gasteiger partial charge is 0.162 e. The third kappa shape index (κ3) is 2.11. The van der Waals surface area contributed by atoms with Crippen LogP contribution in [0.15, 0.2) is 18.2 Å². The Kier molecular flexibility index (Phi) is 3.65.